The Kier molecular flexibility index (Phi) is 3.62. The van der Waals surface area contributed by atoms with Crippen LogP contribution < -0.4 is 11.1 Å². The Labute approximate surface area is 88.8 Å². The van der Waals surface area contributed by atoms with Crippen molar-refractivity contribution in [2.45, 2.75) is 19.4 Å². The molecule has 1 aromatic heterocycles. The molecule has 0 amide bonds. The zero-order valence-corrected chi connectivity index (χ0v) is 9.05. The largest absolute Gasteiger partial charge is 0.384 e. The van der Waals surface area contributed by atoms with Gasteiger partial charge >= 0.3 is 0 Å². The van der Waals surface area contributed by atoms with Gasteiger partial charge in [0.1, 0.15) is 5.82 Å². The van der Waals surface area contributed by atoms with Crippen LogP contribution in [-0.2, 0) is 0 Å². The van der Waals surface area contributed by atoms with Crippen molar-refractivity contribution in [2.24, 2.45) is 0 Å². The minimum Gasteiger partial charge on any atom is -0.384 e. The van der Waals surface area contributed by atoms with E-state index in [0.29, 0.717) is 10.2 Å². The maximum absolute atomic E-state index is 12.2. The fourth-order valence-electron chi connectivity index (χ4n) is 0.874. The molecule has 1 heterocycles. The molecule has 3 nitrogen and oxygen atoms in total. The Hall–Kier alpha value is -0.910. The van der Waals surface area contributed by atoms with E-state index in [2.05, 4.69) is 26.2 Å². The highest BCUT2D eigenvalue weighted by atomic mass is 79.9. The highest BCUT2D eigenvalue weighted by molar-refractivity contribution is 9.10. The third kappa shape index (κ3) is 2.80. The standard InChI is InChI=1S/C8H10BrF2N3/c1-4(8(10)11)14-6-2-7(12)13-3-5(6)9/h2-4,8H,1H3,(H3,12,13,14). The molecule has 0 spiro atoms. The number of nitrogens with two attached hydrogens (primary N) is 1. The smallest absolute Gasteiger partial charge is 0.258 e. The summed E-state index contributed by atoms with van der Waals surface area (Å²) in [6.45, 7) is 1.40. The number of pyridine rings is 1. The van der Waals surface area contributed by atoms with Gasteiger partial charge < -0.3 is 11.1 Å². The maximum atomic E-state index is 12.2. The van der Waals surface area contributed by atoms with E-state index in [0.717, 1.165) is 0 Å². The molecule has 1 unspecified atom stereocenters. The number of nitrogens with zero attached hydrogens (tertiary/aromatic N) is 1. The summed E-state index contributed by atoms with van der Waals surface area (Å²) in [5.41, 5.74) is 5.94. The topological polar surface area (TPSA) is 50.9 Å². The molecule has 6 heteroatoms. The summed E-state index contributed by atoms with van der Waals surface area (Å²) >= 11 is 3.18. The molecule has 1 atom stereocenters. The SMILES string of the molecule is CC(Nc1cc(N)ncc1Br)C(F)F. The summed E-state index contributed by atoms with van der Waals surface area (Å²) in [7, 11) is 0. The van der Waals surface area contributed by atoms with E-state index in [4.69, 9.17) is 5.73 Å². The first-order chi connectivity index (χ1) is 6.50. The zero-order valence-electron chi connectivity index (χ0n) is 7.47. The minimum atomic E-state index is -2.42. The summed E-state index contributed by atoms with van der Waals surface area (Å²) < 4.78 is 25.1. The van der Waals surface area contributed by atoms with Crippen LogP contribution in [0.15, 0.2) is 16.7 Å². The highest BCUT2D eigenvalue weighted by Gasteiger charge is 2.15. The lowest BCUT2D eigenvalue weighted by Gasteiger charge is -2.15. The van der Waals surface area contributed by atoms with Crippen molar-refractivity contribution in [1.82, 2.24) is 4.98 Å². The second-order valence-corrected chi connectivity index (χ2v) is 3.71. The van der Waals surface area contributed by atoms with Gasteiger partial charge in [-0.2, -0.15) is 0 Å². The maximum Gasteiger partial charge on any atom is 0.258 e. The Bertz CT molecular complexity index is 319. The summed E-state index contributed by atoms with van der Waals surface area (Å²) in [5, 5.41) is 2.63. The predicted octanol–water partition coefficient (Wildman–Crippen LogP) is 2.49. The molecule has 0 aliphatic rings. The third-order valence-corrected chi connectivity index (χ3v) is 2.27. The summed E-state index contributed by atoms with van der Waals surface area (Å²) in [6, 6.07) is 0.580. The molecule has 0 bridgehead atoms. The number of halogens is 3. The summed E-state index contributed by atoms with van der Waals surface area (Å²) in [4.78, 5) is 3.79. The van der Waals surface area contributed by atoms with Gasteiger partial charge in [0.15, 0.2) is 0 Å². The van der Waals surface area contributed by atoms with E-state index in [1.807, 2.05) is 0 Å². The molecule has 0 fully saturated rings. The number of rotatable bonds is 3. The average molecular weight is 266 g/mol. The van der Waals surface area contributed by atoms with Crippen LogP contribution in [0.5, 0.6) is 0 Å². The number of hydrogen-bond acceptors (Lipinski definition) is 3. The fraction of sp³-hybridized carbons (Fsp3) is 0.375. The number of nitrogens with one attached hydrogen (secondary N) is 1. The second kappa shape index (κ2) is 4.54. The molecule has 0 aromatic carbocycles. The first-order valence-electron chi connectivity index (χ1n) is 3.96. The normalized spacial score (nSPS) is 12.9. The Balaban J connectivity index is 2.80. The van der Waals surface area contributed by atoms with Gasteiger partial charge in [-0.1, -0.05) is 0 Å². The number of aromatic nitrogens is 1. The molecule has 0 aliphatic heterocycles. The van der Waals surface area contributed by atoms with Crippen molar-refractivity contribution in [3.05, 3.63) is 16.7 Å². The molecular weight excluding hydrogens is 256 g/mol. The van der Waals surface area contributed by atoms with Gasteiger partial charge in [-0.05, 0) is 22.9 Å². The number of nitrogen functional groups attached to an aromatic ring is 1. The summed E-state index contributed by atoms with van der Waals surface area (Å²) in [5.74, 6) is 0.289. The van der Waals surface area contributed by atoms with E-state index >= 15 is 0 Å². The number of alkyl halides is 2. The number of hydrogen-bond donors (Lipinski definition) is 2. The van der Waals surface area contributed by atoms with Crippen LogP contribution in [0.1, 0.15) is 6.92 Å². The molecule has 0 aliphatic carbocycles. The van der Waals surface area contributed by atoms with Gasteiger partial charge in [0.05, 0.1) is 16.2 Å². The third-order valence-electron chi connectivity index (χ3n) is 1.64. The van der Waals surface area contributed by atoms with Crippen LogP contribution in [0.4, 0.5) is 20.3 Å². The summed E-state index contributed by atoms with van der Waals surface area (Å²) in [6.07, 6.45) is -0.952. The van der Waals surface area contributed by atoms with Crippen molar-refractivity contribution < 1.29 is 8.78 Å². The van der Waals surface area contributed by atoms with Crippen molar-refractivity contribution in [3.63, 3.8) is 0 Å². The van der Waals surface area contributed by atoms with Gasteiger partial charge in [-0.3, -0.25) is 0 Å². The van der Waals surface area contributed by atoms with Crippen LogP contribution in [0.25, 0.3) is 0 Å². The quantitative estimate of drug-likeness (QED) is 0.883. The van der Waals surface area contributed by atoms with Gasteiger partial charge in [-0.15, -0.1) is 0 Å². The zero-order chi connectivity index (χ0) is 10.7. The van der Waals surface area contributed by atoms with Crippen LogP contribution >= 0.6 is 15.9 Å². The lowest BCUT2D eigenvalue weighted by atomic mass is 10.3. The van der Waals surface area contributed by atoms with Gasteiger partial charge in [-0.25, -0.2) is 13.8 Å². The van der Waals surface area contributed by atoms with Crippen LogP contribution in [-0.4, -0.2) is 17.5 Å². The van der Waals surface area contributed by atoms with Crippen molar-refractivity contribution in [2.75, 3.05) is 11.1 Å². The van der Waals surface area contributed by atoms with Gasteiger partial charge in [0.25, 0.3) is 6.43 Å². The average Bonchev–Trinajstić information content (AvgIpc) is 2.11. The van der Waals surface area contributed by atoms with Crippen molar-refractivity contribution in [3.8, 4) is 0 Å². The lowest BCUT2D eigenvalue weighted by molar-refractivity contribution is 0.130. The Morgan fingerprint density at radius 1 is 1.57 bits per heavy atom. The molecule has 14 heavy (non-hydrogen) atoms. The first kappa shape index (κ1) is 11.2. The van der Waals surface area contributed by atoms with E-state index in [1.165, 1.54) is 19.2 Å². The molecule has 0 saturated heterocycles. The highest BCUT2D eigenvalue weighted by Crippen LogP contribution is 2.24. The van der Waals surface area contributed by atoms with E-state index in [1.54, 1.807) is 0 Å². The Morgan fingerprint density at radius 3 is 2.79 bits per heavy atom. The van der Waals surface area contributed by atoms with E-state index < -0.39 is 12.5 Å². The van der Waals surface area contributed by atoms with E-state index in [9.17, 15) is 8.78 Å². The van der Waals surface area contributed by atoms with Crippen molar-refractivity contribution in [1.29, 1.82) is 0 Å². The number of anilines is 2. The predicted molar refractivity (Wildman–Crippen MR) is 55.4 cm³/mol. The molecule has 0 radical (unpaired) electrons. The van der Waals surface area contributed by atoms with Crippen LogP contribution in [0.3, 0.4) is 0 Å². The minimum absolute atomic E-state index is 0.289. The molecular formula is C8H10BrF2N3. The fourth-order valence-corrected chi connectivity index (χ4v) is 1.21. The van der Waals surface area contributed by atoms with Crippen LogP contribution in [0.2, 0.25) is 0 Å². The second-order valence-electron chi connectivity index (χ2n) is 2.86. The lowest BCUT2D eigenvalue weighted by Crippen LogP contribution is -2.24. The Morgan fingerprint density at radius 2 is 2.21 bits per heavy atom. The van der Waals surface area contributed by atoms with Crippen molar-refractivity contribution >= 4 is 27.4 Å². The molecule has 3 N–H and O–H groups in total. The van der Waals surface area contributed by atoms with Crippen LogP contribution in [0, 0.1) is 0 Å². The monoisotopic (exact) mass is 265 g/mol. The van der Waals surface area contributed by atoms with E-state index in [-0.39, 0.29) is 5.82 Å². The molecule has 1 rings (SSSR count). The molecule has 1 aromatic rings. The first-order valence-corrected chi connectivity index (χ1v) is 4.75. The van der Waals surface area contributed by atoms with Gasteiger partial charge in [0.2, 0.25) is 0 Å². The van der Waals surface area contributed by atoms with Gasteiger partial charge in [0, 0.05) is 12.3 Å². The molecule has 0 saturated carbocycles. The molecule has 78 valence electrons.